The first-order valence-electron chi connectivity index (χ1n) is 5.94. The molecule has 0 aromatic carbocycles. The number of nitrogens with one attached hydrogen (secondary N) is 1. The van der Waals surface area contributed by atoms with Gasteiger partial charge in [0.25, 0.3) is 5.56 Å². The lowest BCUT2D eigenvalue weighted by atomic mass is 10.0. The van der Waals surface area contributed by atoms with Crippen LogP contribution in [0.4, 0.5) is 0 Å². The lowest BCUT2D eigenvalue weighted by Gasteiger charge is -2.28. The van der Waals surface area contributed by atoms with Crippen LogP contribution >= 0.6 is 0 Å². The average molecular weight is 270 g/mol. The normalized spacial score (nSPS) is 37.5. The molecule has 3 N–H and O–H groups in total. The Bertz CT molecular complexity index is 608. The zero-order chi connectivity index (χ0) is 13.7. The number of H-pyrrole nitrogens is 1. The number of rotatable bonds is 1. The number of hydrogen-bond acceptors (Lipinski definition) is 6. The number of hydrogen-bond donors (Lipinski definition) is 3. The lowest BCUT2D eigenvalue weighted by Crippen LogP contribution is -2.48. The molecule has 8 heteroatoms. The van der Waals surface area contributed by atoms with Gasteiger partial charge in [-0.05, 0) is 6.92 Å². The average Bonchev–Trinajstić information content (AvgIpc) is 2.56. The Kier molecular flexibility index (Phi) is 2.82. The zero-order valence-corrected chi connectivity index (χ0v) is 10.1. The molecule has 2 fully saturated rings. The summed E-state index contributed by atoms with van der Waals surface area (Å²) in [6.45, 7) is 1.60. The van der Waals surface area contributed by atoms with Crippen molar-refractivity contribution in [2.75, 3.05) is 6.61 Å². The van der Waals surface area contributed by atoms with Crippen molar-refractivity contribution in [1.29, 1.82) is 0 Å². The molecule has 2 aliphatic rings. The molecule has 0 aliphatic carbocycles. The number of nitrogens with zero attached hydrogens (tertiary/aromatic N) is 1. The lowest BCUT2D eigenvalue weighted by molar-refractivity contribution is -0.126. The van der Waals surface area contributed by atoms with E-state index in [-0.39, 0.29) is 6.61 Å². The maximum absolute atomic E-state index is 11.8. The molecule has 2 saturated heterocycles. The molecule has 0 saturated carbocycles. The fourth-order valence-corrected chi connectivity index (χ4v) is 2.48. The second-order valence-corrected chi connectivity index (χ2v) is 4.83. The smallest absolute Gasteiger partial charge is 0.330 e. The van der Waals surface area contributed by atoms with Crippen molar-refractivity contribution in [1.82, 2.24) is 9.55 Å². The van der Waals surface area contributed by atoms with Gasteiger partial charge in [0.2, 0.25) is 0 Å². The molecule has 2 bridgehead atoms. The summed E-state index contributed by atoms with van der Waals surface area (Å²) in [7, 11) is 0. The summed E-state index contributed by atoms with van der Waals surface area (Å²) in [6.07, 6.45) is -2.97. The van der Waals surface area contributed by atoms with Gasteiger partial charge in [-0.1, -0.05) is 0 Å². The van der Waals surface area contributed by atoms with Gasteiger partial charge >= 0.3 is 5.69 Å². The number of fused-ring (bicyclic) bond motifs is 2. The summed E-state index contributed by atoms with van der Waals surface area (Å²) >= 11 is 0. The van der Waals surface area contributed by atoms with E-state index in [1.165, 1.54) is 10.8 Å². The topological polar surface area (TPSA) is 114 Å². The van der Waals surface area contributed by atoms with E-state index in [0.29, 0.717) is 5.56 Å². The summed E-state index contributed by atoms with van der Waals surface area (Å²) in [6, 6.07) is 0. The highest BCUT2D eigenvalue weighted by atomic mass is 16.6. The van der Waals surface area contributed by atoms with Crippen LogP contribution in [0.5, 0.6) is 0 Å². The predicted octanol–water partition coefficient (Wildman–Crippen LogP) is -2.14. The third-order valence-corrected chi connectivity index (χ3v) is 3.51. The van der Waals surface area contributed by atoms with E-state index in [4.69, 9.17) is 9.47 Å². The highest BCUT2D eigenvalue weighted by Gasteiger charge is 2.52. The Labute approximate surface area is 107 Å². The molecule has 3 rings (SSSR count). The van der Waals surface area contributed by atoms with Gasteiger partial charge in [0, 0.05) is 11.8 Å². The Hall–Kier alpha value is -1.48. The minimum atomic E-state index is -1.01. The first-order valence-corrected chi connectivity index (χ1v) is 5.94. The van der Waals surface area contributed by atoms with E-state index in [1.54, 1.807) is 6.92 Å². The minimum Gasteiger partial charge on any atom is -0.388 e. The monoisotopic (exact) mass is 270 g/mol. The van der Waals surface area contributed by atoms with Gasteiger partial charge in [0.05, 0.1) is 6.61 Å². The van der Waals surface area contributed by atoms with Crippen LogP contribution < -0.4 is 11.2 Å². The van der Waals surface area contributed by atoms with Crippen molar-refractivity contribution >= 4 is 0 Å². The standard InChI is InChI=1S/C11H14N2O6/c1-4-2-13(11(17)12-9(4)16)10-8-6(15)7(19-10)5(14)3-18-8/h2,5-8,10,14-15H,3H2,1H3,(H,12,16,17)/t5-,6+,7+,8-,10+/m0/s1. The van der Waals surface area contributed by atoms with Gasteiger partial charge in [0.15, 0.2) is 6.23 Å². The van der Waals surface area contributed by atoms with E-state index in [1.807, 2.05) is 0 Å². The van der Waals surface area contributed by atoms with Gasteiger partial charge in [0.1, 0.15) is 24.4 Å². The maximum Gasteiger partial charge on any atom is 0.330 e. The molecule has 1 aromatic heterocycles. The van der Waals surface area contributed by atoms with Gasteiger partial charge in [-0.25, -0.2) is 4.79 Å². The third-order valence-electron chi connectivity index (χ3n) is 3.51. The van der Waals surface area contributed by atoms with Crippen molar-refractivity contribution in [2.45, 2.75) is 37.6 Å². The van der Waals surface area contributed by atoms with E-state index in [2.05, 4.69) is 4.98 Å². The SMILES string of the molecule is Cc1cn([C@@H]2O[C@H]3[C@@H](O)[C@@H]2OC[C@@H]3O)c(=O)[nH]c1=O. The Morgan fingerprint density at radius 3 is 2.79 bits per heavy atom. The molecule has 5 atom stereocenters. The van der Waals surface area contributed by atoms with Crippen LogP contribution in [-0.4, -0.2) is 50.8 Å². The van der Waals surface area contributed by atoms with Gasteiger partial charge in [-0.15, -0.1) is 0 Å². The van der Waals surface area contributed by atoms with Crippen LogP contribution in [0.3, 0.4) is 0 Å². The quantitative estimate of drug-likeness (QED) is 0.537. The zero-order valence-electron chi connectivity index (χ0n) is 10.1. The molecular formula is C11H14N2O6. The highest BCUT2D eigenvalue weighted by Crippen LogP contribution is 2.36. The van der Waals surface area contributed by atoms with Crippen LogP contribution in [0.1, 0.15) is 11.8 Å². The molecule has 8 nitrogen and oxygen atoms in total. The van der Waals surface area contributed by atoms with Gasteiger partial charge < -0.3 is 19.7 Å². The number of aromatic amines is 1. The van der Waals surface area contributed by atoms with E-state index >= 15 is 0 Å². The highest BCUT2D eigenvalue weighted by molar-refractivity contribution is 5.04. The first-order chi connectivity index (χ1) is 8.99. The summed E-state index contributed by atoms with van der Waals surface area (Å²) < 4.78 is 12.0. The minimum absolute atomic E-state index is 0.0416. The van der Waals surface area contributed by atoms with Crippen LogP contribution in [0, 0.1) is 6.92 Å². The fourth-order valence-electron chi connectivity index (χ4n) is 2.48. The summed E-state index contributed by atoms with van der Waals surface area (Å²) in [5, 5.41) is 19.6. The molecular weight excluding hydrogens is 256 g/mol. The van der Waals surface area contributed by atoms with Crippen molar-refractivity contribution in [3.8, 4) is 0 Å². The molecule has 0 amide bonds. The fraction of sp³-hybridized carbons (Fsp3) is 0.636. The van der Waals surface area contributed by atoms with Gasteiger partial charge in [-0.2, -0.15) is 0 Å². The molecule has 3 heterocycles. The molecule has 19 heavy (non-hydrogen) atoms. The Morgan fingerprint density at radius 1 is 1.37 bits per heavy atom. The van der Waals surface area contributed by atoms with Crippen molar-refractivity contribution in [2.24, 2.45) is 0 Å². The molecule has 0 spiro atoms. The van der Waals surface area contributed by atoms with Crippen molar-refractivity contribution in [3.63, 3.8) is 0 Å². The number of aliphatic hydroxyl groups is 2. The summed E-state index contributed by atoms with van der Waals surface area (Å²) in [4.78, 5) is 25.3. The van der Waals surface area contributed by atoms with Crippen LogP contribution in [0.25, 0.3) is 0 Å². The van der Waals surface area contributed by atoms with Crippen LogP contribution in [0.15, 0.2) is 15.8 Å². The Morgan fingerprint density at radius 2 is 2.11 bits per heavy atom. The second kappa shape index (κ2) is 4.27. The van der Waals surface area contributed by atoms with Gasteiger partial charge in [-0.3, -0.25) is 14.3 Å². The number of aromatic nitrogens is 2. The second-order valence-electron chi connectivity index (χ2n) is 4.83. The van der Waals surface area contributed by atoms with Crippen LogP contribution in [-0.2, 0) is 9.47 Å². The number of aryl methyl sites for hydroxylation is 1. The number of aliphatic hydroxyl groups excluding tert-OH is 2. The maximum atomic E-state index is 11.8. The van der Waals surface area contributed by atoms with Crippen LogP contribution in [0.2, 0.25) is 0 Å². The predicted molar refractivity (Wildman–Crippen MR) is 61.7 cm³/mol. The summed E-state index contributed by atoms with van der Waals surface area (Å²) in [5.74, 6) is 0. The molecule has 2 aliphatic heterocycles. The number of ether oxygens (including phenoxy) is 2. The first kappa shape index (κ1) is 12.5. The van der Waals surface area contributed by atoms with Crippen molar-refractivity contribution < 1.29 is 19.7 Å². The van der Waals surface area contributed by atoms with E-state index < -0.39 is 41.9 Å². The molecule has 0 unspecified atom stereocenters. The molecule has 0 radical (unpaired) electrons. The largest absolute Gasteiger partial charge is 0.388 e. The third kappa shape index (κ3) is 1.84. The van der Waals surface area contributed by atoms with E-state index in [9.17, 15) is 19.8 Å². The molecule has 104 valence electrons. The van der Waals surface area contributed by atoms with E-state index in [0.717, 1.165) is 0 Å². The Balaban J connectivity index is 2.03. The molecule has 1 aromatic rings. The van der Waals surface area contributed by atoms with Crippen molar-refractivity contribution in [3.05, 3.63) is 32.6 Å². The summed E-state index contributed by atoms with van der Waals surface area (Å²) in [5.41, 5.74) is -0.762.